The van der Waals surface area contributed by atoms with E-state index < -0.39 is 0 Å². The van der Waals surface area contributed by atoms with E-state index >= 15 is 0 Å². The first-order valence-electron chi connectivity index (χ1n) is 6.68. The summed E-state index contributed by atoms with van der Waals surface area (Å²) >= 11 is 1.90. The van der Waals surface area contributed by atoms with Gasteiger partial charge in [0.2, 0.25) is 0 Å². The number of rotatable bonds is 4. The molecule has 1 atom stereocenters. The maximum Gasteiger partial charge on any atom is 0.0954 e. The highest BCUT2D eigenvalue weighted by Gasteiger charge is 2.23. The normalized spacial score (nSPS) is 18.8. The lowest BCUT2D eigenvalue weighted by Gasteiger charge is -2.25. The molecule has 2 heterocycles. The van der Waals surface area contributed by atoms with Crippen LogP contribution in [-0.4, -0.2) is 16.1 Å². The summed E-state index contributed by atoms with van der Waals surface area (Å²) in [6, 6.07) is 2.79. The Kier molecular flexibility index (Phi) is 3.48. The highest BCUT2D eigenvalue weighted by Crippen LogP contribution is 2.36. The minimum Gasteiger partial charge on any atom is -0.326 e. The second kappa shape index (κ2) is 5.24. The third-order valence-corrected chi connectivity index (χ3v) is 4.65. The van der Waals surface area contributed by atoms with Gasteiger partial charge in [-0.25, -0.2) is 4.98 Å². The molecule has 3 nitrogen and oxygen atoms in total. The number of hydrogen-bond donors (Lipinski definition) is 1. The van der Waals surface area contributed by atoms with Gasteiger partial charge < -0.3 is 9.88 Å². The summed E-state index contributed by atoms with van der Waals surface area (Å²) in [4.78, 5) is 5.90. The Balaban J connectivity index is 1.90. The number of imidazole rings is 1. The Morgan fingerprint density at radius 2 is 2.50 bits per heavy atom. The molecule has 0 aromatic carbocycles. The van der Waals surface area contributed by atoms with Crippen LogP contribution in [0.3, 0.4) is 0 Å². The molecule has 3 rings (SSSR count). The highest BCUT2D eigenvalue weighted by molar-refractivity contribution is 7.10. The van der Waals surface area contributed by atoms with E-state index in [4.69, 9.17) is 0 Å². The van der Waals surface area contributed by atoms with Crippen molar-refractivity contribution in [3.63, 3.8) is 0 Å². The Morgan fingerprint density at radius 1 is 1.56 bits per heavy atom. The van der Waals surface area contributed by atoms with Gasteiger partial charge in [-0.1, -0.05) is 6.92 Å². The van der Waals surface area contributed by atoms with E-state index in [0.717, 1.165) is 13.1 Å². The molecule has 0 amide bonds. The lowest BCUT2D eigenvalue weighted by molar-refractivity contribution is 0.475. The number of hydrogen-bond acceptors (Lipinski definition) is 3. The molecule has 0 fully saturated rings. The average molecular weight is 261 g/mol. The Morgan fingerprint density at radius 3 is 3.39 bits per heavy atom. The van der Waals surface area contributed by atoms with Gasteiger partial charge in [0.15, 0.2) is 0 Å². The van der Waals surface area contributed by atoms with Crippen LogP contribution in [0.4, 0.5) is 0 Å². The molecule has 0 bridgehead atoms. The maximum atomic E-state index is 4.33. The van der Waals surface area contributed by atoms with E-state index in [1.807, 2.05) is 23.9 Å². The fourth-order valence-electron chi connectivity index (χ4n) is 2.75. The van der Waals surface area contributed by atoms with Crippen LogP contribution in [0.5, 0.6) is 0 Å². The summed E-state index contributed by atoms with van der Waals surface area (Å²) in [5, 5.41) is 5.62. The largest absolute Gasteiger partial charge is 0.326 e. The summed E-state index contributed by atoms with van der Waals surface area (Å²) in [5.41, 5.74) is 2.81. The minimum atomic E-state index is 0.496. The van der Waals surface area contributed by atoms with Gasteiger partial charge >= 0.3 is 0 Å². The smallest absolute Gasteiger partial charge is 0.0954 e. The molecule has 0 radical (unpaired) electrons. The minimum absolute atomic E-state index is 0.496. The highest BCUT2D eigenvalue weighted by atomic mass is 32.1. The van der Waals surface area contributed by atoms with Crippen molar-refractivity contribution in [1.29, 1.82) is 0 Å². The Bertz CT molecular complexity index is 515. The molecule has 4 heteroatoms. The molecule has 0 spiro atoms. The molecule has 0 saturated carbocycles. The molecule has 1 N–H and O–H groups in total. The van der Waals surface area contributed by atoms with Gasteiger partial charge in [-0.2, -0.15) is 0 Å². The van der Waals surface area contributed by atoms with Crippen molar-refractivity contribution in [1.82, 2.24) is 14.9 Å². The zero-order valence-electron chi connectivity index (χ0n) is 10.7. The van der Waals surface area contributed by atoms with Gasteiger partial charge in [-0.3, -0.25) is 0 Å². The number of nitrogens with zero attached hydrogens (tertiary/aromatic N) is 2. The van der Waals surface area contributed by atoms with E-state index in [1.165, 1.54) is 30.5 Å². The van der Waals surface area contributed by atoms with Crippen molar-refractivity contribution in [2.45, 2.75) is 38.8 Å². The molecule has 2 aromatic heterocycles. The lowest BCUT2D eigenvalue weighted by Crippen LogP contribution is -2.20. The van der Waals surface area contributed by atoms with E-state index in [9.17, 15) is 0 Å². The van der Waals surface area contributed by atoms with Crippen LogP contribution in [-0.2, 0) is 13.0 Å². The summed E-state index contributed by atoms with van der Waals surface area (Å²) in [6.07, 6.45) is 7.75. The van der Waals surface area contributed by atoms with Crippen molar-refractivity contribution in [3.05, 3.63) is 40.1 Å². The van der Waals surface area contributed by atoms with E-state index in [-0.39, 0.29) is 0 Å². The molecule has 0 aliphatic heterocycles. The van der Waals surface area contributed by atoms with Gasteiger partial charge in [0.25, 0.3) is 0 Å². The zero-order chi connectivity index (χ0) is 12.4. The van der Waals surface area contributed by atoms with Crippen molar-refractivity contribution in [2.24, 2.45) is 0 Å². The van der Waals surface area contributed by atoms with Crippen LogP contribution in [0.15, 0.2) is 24.0 Å². The second-order valence-electron chi connectivity index (χ2n) is 4.78. The molecule has 1 aliphatic carbocycles. The van der Waals surface area contributed by atoms with Gasteiger partial charge in [-0.15, -0.1) is 11.3 Å². The fraction of sp³-hybridized carbons (Fsp3) is 0.500. The number of thiophene rings is 1. The van der Waals surface area contributed by atoms with Crippen LogP contribution in [0, 0.1) is 0 Å². The van der Waals surface area contributed by atoms with Crippen molar-refractivity contribution in [2.75, 3.05) is 6.54 Å². The third kappa shape index (κ3) is 2.10. The maximum absolute atomic E-state index is 4.33. The summed E-state index contributed by atoms with van der Waals surface area (Å²) in [6.45, 7) is 4.05. The van der Waals surface area contributed by atoms with Crippen molar-refractivity contribution in [3.8, 4) is 0 Å². The van der Waals surface area contributed by atoms with E-state index in [1.54, 1.807) is 4.88 Å². The van der Waals surface area contributed by atoms with Gasteiger partial charge in [0.1, 0.15) is 0 Å². The Labute approximate surface area is 112 Å². The monoisotopic (exact) mass is 261 g/mol. The average Bonchev–Trinajstić information content (AvgIpc) is 3.04. The summed E-state index contributed by atoms with van der Waals surface area (Å²) in [7, 11) is 0. The molecule has 2 aromatic rings. The predicted molar refractivity (Wildman–Crippen MR) is 75.0 cm³/mol. The summed E-state index contributed by atoms with van der Waals surface area (Å²) < 4.78 is 2.35. The molecule has 18 heavy (non-hydrogen) atoms. The van der Waals surface area contributed by atoms with Gasteiger partial charge in [0.05, 0.1) is 18.1 Å². The van der Waals surface area contributed by atoms with Crippen LogP contribution in [0.1, 0.15) is 41.9 Å². The molecule has 1 unspecified atom stereocenters. The van der Waals surface area contributed by atoms with Crippen LogP contribution >= 0.6 is 11.3 Å². The second-order valence-corrected chi connectivity index (χ2v) is 5.78. The van der Waals surface area contributed by atoms with Crippen molar-refractivity contribution < 1.29 is 0 Å². The number of fused-ring (bicyclic) bond motifs is 1. The number of aromatic nitrogens is 2. The topological polar surface area (TPSA) is 29.9 Å². The van der Waals surface area contributed by atoms with Crippen LogP contribution < -0.4 is 5.32 Å². The van der Waals surface area contributed by atoms with E-state index in [2.05, 4.69) is 33.2 Å². The van der Waals surface area contributed by atoms with Crippen LogP contribution in [0.25, 0.3) is 0 Å². The first kappa shape index (κ1) is 11.9. The van der Waals surface area contributed by atoms with Gasteiger partial charge in [0, 0.05) is 17.6 Å². The SMILES string of the molecule is CCNCc1cncn1C1CCCc2sccc21. The fourth-order valence-corrected chi connectivity index (χ4v) is 3.73. The number of nitrogens with one attached hydrogen (secondary N) is 1. The van der Waals surface area contributed by atoms with E-state index in [0.29, 0.717) is 6.04 Å². The zero-order valence-corrected chi connectivity index (χ0v) is 11.5. The lowest BCUT2D eigenvalue weighted by atomic mass is 9.93. The molecular formula is C14H19N3S. The van der Waals surface area contributed by atoms with Gasteiger partial charge in [-0.05, 0) is 42.8 Å². The quantitative estimate of drug-likeness (QED) is 0.917. The molecule has 96 valence electrons. The molecule has 0 saturated heterocycles. The van der Waals surface area contributed by atoms with Crippen LogP contribution in [0.2, 0.25) is 0 Å². The Hall–Kier alpha value is -1.13. The predicted octanol–water partition coefficient (Wildman–Crippen LogP) is 2.98. The summed E-state index contributed by atoms with van der Waals surface area (Å²) in [5.74, 6) is 0. The first-order valence-corrected chi connectivity index (χ1v) is 7.55. The number of aryl methyl sites for hydroxylation is 1. The standard InChI is InChI=1S/C14H19N3S/c1-2-15-8-11-9-16-10-17(11)13-4-3-5-14-12(13)6-7-18-14/h6-7,9-10,13,15H,2-5,8H2,1H3. The van der Waals surface area contributed by atoms with Crippen molar-refractivity contribution >= 4 is 11.3 Å². The first-order chi connectivity index (χ1) is 8.90. The third-order valence-electron chi connectivity index (χ3n) is 3.66. The molecular weight excluding hydrogens is 242 g/mol. The molecule has 1 aliphatic rings.